The molecule has 0 spiro atoms. The van der Waals surface area contributed by atoms with Crippen LogP contribution in [-0.2, 0) is 4.79 Å². The van der Waals surface area contributed by atoms with Gasteiger partial charge in [-0.1, -0.05) is 27.2 Å². The van der Waals surface area contributed by atoms with Gasteiger partial charge in [0.25, 0.3) is 0 Å². The lowest BCUT2D eigenvalue weighted by Crippen LogP contribution is -2.46. The summed E-state index contributed by atoms with van der Waals surface area (Å²) in [6.07, 6.45) is 3.84. The summed E-state index contributed by atoms with van der Waals surface area (Å²) in [7, 11) is 0. The van der Waals surface area contributed by atoms with Gasteiger partial charge in [-0.15, -0.1) is 0 Å². The van der Waals surface area contributed by atoms with Gasteiger partial charge < -0.3 is 10.6 Å². The summed E-state index contributed by atoms with van der Waals surface area (Å²) < 4.78 is 0. The van der Waals surface area contributed by atoms with Crippen LogP contribution >= 0.6 is 0 Å². The second-order valence-corrected chi connectivity index (χ2v) is 6.52. The Bertz CT molecular complexity index is 270. The Labute approximate surface area is 98.4 Å². The minimum absolute atomic E-state index is 0.0786. The fourth-order valence-corrected chi connectivity index (χ4v) is 2.94. The molecule has 0 aromatic carbocycles. The molecule has 3 unspecified atom stereocenters. The molecule has 0 bridgehead atoms. The maximum Gasteiger partial charge on any atom is 0.237 e. The van der Waals surface area contributed by atoms with Crippen molar-refractivity contribution in [1.29, 1.82) is 0 Å². The van der Waals surface area contributed by atoms with Crippen molar-refractivity contribution in [3.8, 4) is 0 Å². The normalized spacial score (nSPS) is 33.8. The van der Waals surface area contributed by atoms with Gasteiger partial charge in [0.2, 0.25) is 5.91 Å². The minimum Gasteiger partial charge on any atom is -0.354 e. The predicted molar refractivity (Wildman–Crippen MR) is 65.1 cm³/mol. The third-order valence-electron chi connectivity index (χ3n) is 3.82. The third-order valence-corrected chi connectivity index (χ3v) is 3.82. The smallest absolute Gasteiger partial charge is 0.237 e. The van der Waals surface area contributed by atoms with Crippen LogP contribution < -0.4 is 10.6 Å². The Morgan fingerprint density at radius 1 is 1.38 bits per heavy atom. The molecule has 2 rings (SSSR count). The fraction of sp³-hybridized carbons (Fsp3) is 0.923. The first-order valence-corrected chi connectivity index (χ1v) is 6.48. The minimum atomic E-state index is 0.0786. The van der Waals surface area contributed by atoms with E-state index in [4.69, 9.17) is 0 Å². The summed E-state index contributed by atoms with van der Waals surface area (Å²) in [5.74, 6) is 1.56. The average Bonchev–Trinajstić information content (AvgIpc) is 2.73. The van der Waals surface area contributed by atoms with E-state index >= 15 is 0 Å². The molecule has 0 aromatic rings. The van der Waals surface area contributed by atoms with Crippen LogP contribution in [0.1, 0.15) is 40.0 Å². The van der Waals surface area contributed by atoms with Crippen LogP contribution in [0.15, 0.2) is 0 Å². The SMILES string of the molecule is CC(C)(C)CNC(=O)C1NCC2CCCC21. The zero-order valence-electron chi connectivity index (χ0n) is 10.7. The summed E-state index contributed by atoms with van der Waals surface area (Å²) in [6.45, 7) is 8.24. The number of fused-ring (bicyclic) bond motifs is 1. The molecule has 0 radical (unpaired) electrons. The van der Waals surface area contributed by atoms with Gasteiger partial charge in [0.1, 0.15) is 0 Å². The van der Waals surface area contributed by atoms with E-state index in [9.17, 15) is 4.79 Å². The molecule has 0 aromatic heterocycles. The summed E-state index contributed by atoms with van der Waals surface area (Å²) in [6, 6.07) is 0.0786. The van der Waals surface area contributed by atoms with Gasteiger partial charge in [0.05, 0.1) is 6.04 Å². The summed E-state index contributed by atoms with van der Waals surface area (Å²) in [5, 5.41) is 6.46. The van der Waals surface area contributed by atoms with Crippen LogP contribution in [0.25, 0.3) is 0 Å². The van der Waals surface area contributed by atoms with Crippen molar-refractivity contribution in [3.05, 3.63) is 0 Å². The van der Waals surface area contributed by atoms with Gasteiger partial charge in [0.15, 0.2) is 0 Å². The van der Waals surface area contributed by atoms with Crippen LogP contribution in [0.2, 0.25) is 0 Å². The fourth-order valence-electron chi connectivity index (χ4n) is 2.94. The maximum absolute atomic E-state index is 12.1. The molecule has 3 nitrogen and oxygen atoms in total. The summed E-state index contributed by atoms with van der Waals surface area (Å²) in [5.41, 5.74) is 0.170. The molecule has 2 N–H and O–H groups in total. The zero-order chi connectivity index (χ0) is 11.8. The summed E-state index contributed by atoms with van der Waals surface area (Å²) in [4.78, 5) is 12.1. The van der Waals surface area contributed by atoms with E-state index in [2.05, 4.69) is 31.4 Å². The maximum atomic E-state index is 12.1. The molecule has 1 aliphatic carbocycles. The van der Waals surface area contributed by atoms with Gasteiger partial charge in [-0.05, 0) is 36.6 Å². The van der Waals surface area contributed by atoms with Gasteiger partial charge in [-0.25, -0.2) is 0 Å². The van der Waals surface area contributed by atoms with Crippen molar-refractivity contribution in [1.82, 2.24) is 10.6 Å². The Kier molecular flexibility index (Phi) is 3.24. The third kappa shape index (κ3) is 2.57. The van der Waals surface area contributed by atoms with E-state index in [0.717, 1.165) is 19.0 Å². The van der Waals surface area contributed by atoms with Gasteiger partial charge in [-0.3, -0.25) is 4.79 Å². The number of hydrogen-bond donors (Lipinski definition) is 2. The van der Waals surface area contributed by atoms with Crippen molar-refractivity contribution < 1.29 is 4.79 Å². The average molecular weight is 224 g/mol. The standard InChI is InChI=1S/C13H24N2O/c1-13(2,3)8-15-12(16)11-10-6-4-5-9(10)7-14-11/h9-11,14H,4-8H2,1-3H3,(H,15,16). The highest BCUT2D eigenvalue weighted by Gasteiger charge is 2.42. The number of amides is 1. The quantitative estimate of drug-likeness (QED) is 0.747. The largest absolute Gasteiger partial charge is 0.354 e. The highest BCUT2D eigenvalue weighted by atomic mass is 16.2. The Morgan fingerprint density at radius 2 is 2.12 bits per heavy atom. The van der Waals surface area contributed by atoms with Crippen LogP contribution in [0, 0.1) is 17.3 Å². The van der Waals surface area contributed by atoms with E-state index in [1.165, 1.54) is 19.3 Å². The van der Waals surface area contributed by atoms with Gasteiger partial charge >= 0.3 is 0 Å². The Morgan fingerprint density at radius 3 is 2.81 bits per heavy atom. The Hall–Kier alpha value is -0.570. The topological polar surface area (TPSA) is 41.1 Å². The first kappa shape index (κ1) is 11.9. The lowest BCUT2D eigenvalue weighted by atomic mass is 9.92. The second-order valence-electron chi connectivity index (χ2n) is 6.52. The highest BCUT2D eigenvalue weighted by Crippen LogP contribution is 2.37. The molecule has 1 saturated heterocycles. The molecule has 3 heteroatoms. The lowest BCUT2D eigenvalue weighted by molar-refractivity contribution is -0.124. The molecule has 16 heavy (non-hydrogen) atoms. The van der Waals surface area contributed by atoms with Crippen LogP contribution in [-0.4, -0.2) is 25.0 Å². The number of carbonyl (C=O) groups is 1. The molecule has 92 valence electrons. The Balaban J connectivity index is 1.86. The van der Waals surface area contributed by atoms with E-state index in [-0.39, 0.29) is 17.4 Å². The van der Waals surface area contributed by atoms with Crippen molar-refractivity contribution in [2.24, 2.45) is 17.3 Å². The predicted octanol–water partition coefficient (Wildman–Crippen LogP) is 1.54. The number of carbonyl (C=O) groups excluding carboxylic acids is 1. The van der Waals surface area contributed by atoms with Crippen molar-refractivity contribution >= 4 is 5.91 Å². The number of hydrogen-bond acceptors (Lipinski definition) is 2. The monoisotopic (exact) mass is 224 g/mol. The number of rotatable bonds is 2. The van der Waals surface area contributed by atoms with E-state index in [0.29, 0.717) is 5.92 Å². The molecule has 3 atom stereocenters. The van der Waals surface area contributed by atoms with Crippen molar-refractivity contribution in [2.75, 3.05) is 13.1 Å². The molecule has 2 aliphatic rings. The molecule has 1 aliphatic heterocycles. The van der Waals surface area contributed by atoms with Gasteiger partial charge in [0, 0.05) is 6.54 Å². The first-order chi connectivity index (χ1) is 7.47. The molecular formula is C13H24N2O. The molecule has 1 heterocycles. The zero-order valence-corrected chi connectivity index (χ0v) is 10.7. The molecule has 1 saturated carbocycles. The van der Waals surface area contributed by atoms with Crippen molar-refractivity contribution in [3.63, 3.8) is 0 Å². The van der Waals surface area contributed by atoms with Crippen LogP contribution in [0.3, 0.4) is 0 Å². The number of nitrogens with one attached hydrogen (secondary N) is 2. The van der Waals surface area contributed by atoms with Crippen LogP contribution in [0.4, 0.5) is 0 Å². The first-order valence-electron chi connectivity index (χ1n) is 6.48. The van der Waals surface area contributed by atoms with Crippen LogP contribution in [0.5, 0.6) is 0 Å². The van der Waals surface area contributed by atoms with Crippen molar-refractivity contribution in [2.45, 2.75) is 46.1 Å². The van der Waals surface area contributed by atoms with E-state index in [1.54, 1.807) is 0 Å². The summed E-state index contributed by atoms with van der Waals surface area (Å²) >= 11 is 0. The van der Waals surface area contributed by atoms with E-state index < -0.39 is 0 Å². The van der Waals surface area contributed by atoms with Gasteiger partial charge in [-0.2, -0.15) is 0 Å². The highest BCUT2D eigenvalue weighted by molar-refractivity contribution is 5.82. The van der Waals surface area contributed by atoms with E-state index in [1.807, 2.05) is 0 Å². The molecule has 2 fully saturated rings. The molecular weight excluding hydrogens is 200 g/mol. The lowest BCUT2D eigenvalue weighted by Gasteiger charge is -2.22. The molecule has 1 amide bonds. The second kappa shape index (κ2) is 4.36.